The molecule has 1 aromatic carbocycles. The number of carbonyl (C=O) groups is 1. The first-order valence-corrected chi connectivity index (χ1v) is 5.41. The maximum Gasteiger partial charge on any atom is 0.322 e. The molecule has 90 valence electrons. The van der Waals surface area contributed by atoms with Gasteiger partial charge in [0.15, 0.2) is 0 Å². The zero-order chi connectivity index (χ0) is 12.4. The van der Waals surface area contributed by atoms with Crippen LogP contribution in [0.4, 0.5) is 16.2 Å². The number of amides is 2. The molecule has 1 fully saturated rings. The topological polar surface area (TPSA) is 75.5 Å². The van der Waals surface area contributed by atoms with Crippen molar-refractivity contribution in [3.63, 3.8) is 0 Å². The molecule has 17 heavy (non-hydrogen) atoms. The monoisotopic (exact) mass is 235 g/mol. The van der Waals surface area contributed by atoms with Gasteiger partial charge in [0.1, 0.15) is 0 Å². The van der Waals surface area contributed by atoms with Crippen LogP contribution >= 0.6 is 0 Å². The summed E-state index contributed by atoms with van der Waals surface area (Å²) in [6, 6.07) is 5.95. The Kier molecular flexibility index (Phi) is 2.95. The van der Waals surface area contributed by atoms with E-state index in [1.165, 1.54) is 12.1 Å². The maximum atomic E-state index is 11.7. The molecule has 2 rings (SSSR count). The van der Waals surface area contributed by atoms with E-state index in [1.54, 1.807) is 17.0 Å². The second-order valence-electron chi connectivity index (χ2n) is 4.01. The lowest BCUT2D eigenvalue weighted by Crippen LogP contribution is -2.51. The van der Waals surface area contributed by atoms with Crippen LogP contribution in [0.5, 0.6) is 0 Å². The molecule has 1 heterocycles. The maximum absolute atomic E-state index is 11.7. The van der Waals surface area contributed by atoms with Gasteiger partial charge in [-0.05, 0) is 25.5 Å². The minimum absolute atomic E-state index is 0.0267. The fourth-order valence-corrected chi connectivity index (χ4v) is 1.91. The molecule has 6 heteroatoms. The van der Waals surface area contributed by atoms with Gasteiger partial charge >= 0.3 is 6.03 Å². The molecule has 0 aliphatic carbocycles. The molecule has 0 spiro atoms. The average molecular weight is 235 g/mol. The molecule has 1 aliphatic rings. The van der Waals surface area contributed by atoms with Crippen molar-refractivity contribution >= 4 is 17.4 Å². The highest BCUT2D eigenvalue weighted by Crippen LogP contribution is 2.23. The number of nitro benzene ring substituents is 1. The van der Waals surface area contributed by atoms with Crippen molar-refractivity contribution in [2.75, 3.05) is 11.4 Å². The van der Waals surface area contributed by atoms with Crippen LogP contribution in [0.1, 0.15) is 13.3 Å². The van der Waals surface area contributed by atoms with Crippen molar-refractivity contribution in [1.82, 2.24) is 5.32 Å². The molecule has 1 aliphatic heterocycles. The van der Waals surface area contributed by atoms with Crippen molar-refractivity contribution in [2.45, 2.75) is 19.4 Å². The molecule has 2 amide bonds. The SMILES string of the molecule is CC1CCNC(=O)N1c1ccc([N+](=O)[O-])cc1. The third-order valence-electron chi connectivity index (χ3n) is 2.84. The van der Waals surface area contributed by atoms with Gasteiger partial charge in [-0.2, -0.15) is 0 Å². The number of hydrogen-bond acceptors (Lipinski definition) is 3. The second-order valence-corrected chi connectivity index (χ2v) is 4.01. The quantitative estimate of drug-likeness (QED) is 0.628. The molecule has 1 saturated heterocycles. The first-order valence-electron chi connectivity index (χ1n) is 5.41. The standard InChI is InChI=1S/C11H13N3O3/c1-8-6-7-12-11(15)13(8)9-2-4-10(5-3-9)14(16)17/h2-5,8H,6-7H2,1H3,(H,12,15). The summed E-state index contributed by atoms with van der Waals surface area (Å²) < 4.78 is 0. The fraction of sp³-hybridized carbons (Fsp3) is 0.364. The van der Waals surface area contributed by atoms with Crippen LogP contribution in [0.3, 0.4) is 0 Å². The van der Waals surface area contributed by atoms with Gasteiger partial charge in [0.25, 0.3) is 5.69 Å². The molecule has 0 saturated carbocycles. The highest BCUT2D eigenvalue weighted by atomic mass is 16.6. The summed E-state index contributed by atoms with van der Waals surface area (Å²) in [7, 11) is 0. The predicted molar refractivity (Wildman–Crippen MR) is 63.1 cm³/mol. The van der Waals surface area contributed by atoms with Crippen LogP contribution in [0.25, 0.3) is 0 Å². The van der Waals surface area contributed by atoms with Crippen LogP contribution in [0.2, 0.25) is 0 Å². The van der Waals surface area contributed by atoms with E-state index in [4.69, 9.17) is 0 Å². The molecule has 0 aromatic heterocycles. The Hall–Kier alpha value is -2.11. The summed E-state index contributed by atoms with van der Waals surface area (Å²) in [5.74, 6) is 0. The summed E-state index contributed by atoms with van der Waals surface area (Å²) in [5.41, 5.74) is 0.708. The molecule has 0 radical (unpaired) electrons. The smallest absolute Gasteiger partial charge is 0.322 e. The average Bonchev–Trinajstić information content (AvgIpc) is 2.29. The Balaban J connectivity index is 2.26. The number of anilines is 1. The molecular weight excluding hydrogens is 222 g/mol. The van der Waals surface area contributed by atoms with Crippen molar-refractivity contribution < 1.29 is 9.72 Å². The Morgan fingerprint density at radius 2 is 2.06 bits per heavy atom. The lowest BCUT2D eigenvalue weighted by atomic mass is 10.1. The van der Waals surface area contributed by atoms with E-state index in [2.05, 4.69) is 5.32 Å². The first-order chi connectivity index (χ1) is 8.09. The number of nitro groups is 1. The third kappa shape index (κ3) is 2.20. The molecule has 1 atom stereocenters. The van der Waals surface area contributed by atoms with E-state index in [1.807, 2.05) is 6.92 Å². The second kappa shape index (κ2) is 4.40. The predicted octanol–water partition coefficient (Wildman–Crippen LogP) is 1.90. The lowest BCUT2D eigenvalue weighted by molar-refractivity contribution is -0.384. The van der Waals surface area contributed by atoms with E-state index in [0.717, 1.165) is 6.42 Å². The number of rotatable bonds is 2. The summed E-state index contributed by atoms with van der Waals surface area (Å²) in [5, 5.41) is 13.3. The summed E-state index contributed by atoms with van der Waals surface area (Å²) in [6.45, 7) is 2.63. The number of nitrogens with zero attached hydrogens (tertiary/aromatic N) is 2. The molecule has 6 nitrogen and oxygen atoms in total. The summed E-state index contributed by atoms with van der Waals surface area (Å²) in [4.78, 5) is 23.4. The number of hydrogen-bond donors (Lipinski definition) is 1. The molecule has 1 unspecified atom stereocenters. The number of nitrogens with one attached hydrogen (secondary N) is 1. The van der Waals surface area contributed by atoms with Gasteiger partial charge in [0, 0.05) is 30.4 Å². The zero-order valence-electron chi connectivity index (χ0n) is 9.42. The fourth-order valence-electron chi connectivity index (χ4n) is 1.91. The molecular formula is C11H13N3O3. The third-order valence-corrected chi connectivity index (χ3v) is 2.84. The van der Waals surface area contributed by atoms with E-state index < -0.39 is 4.92 Å². The Bertz CT molecular complexity index is 444. The van der Waals surface area contributed by atoms with Gasteiger partial charge in [-0.3, -0.25) is 15.0 Å². The van der Waals surface area contributed by atoms with Crippen molar-refractivity contribution in [3.8, 4) is 0 Å². The summed E-state index contributed by atoms with van der Waals surface area (Å²) >= 11 is 0. The van der Waals surface area contributed by atoms with Crippen molar-refractivity contribution in [1.29, 1.82) is 0 Å². The highest BCUT2D eigenvalue weighted by Gasteiger charge is 2.25. The number of benzene rings is 1. The van der Waals surface area contributed by atoms with E-state index in [0.29, 0.717) is 12.2 Å². The van der Waals surface area contributed by atoms with E-state index in [-0.39, 0.29) is 17.8 Å². The molecule has 1 N–H and O–H groups in total. The van der Waals surface area contributed by atoms with Crippen molar-refractivity contribution in [2.24, 2.45) is 0 Å². The van der Waals surface area contributed by atoms with Gasteiger partial charge in [-0.25, -0.2) is 4.79 Å². The largest absolute Gasteiger partial charge is 0.338 e. The normalized spacial score (nSPS) is 19.9. The Labute approximate surface area is 98.4 Å². The minimum Gasteiger partial charge on any atom is -0.338 e. The van der Waals surface area contributed by atoms with Crippen LogP contribution in [0.15, 0.2) is 24.3 Å². The molecule has 1 aromatic rings. The van der Waals surface area contributed by atoms with Gasteiger partial charge in [-0.1, -0.05) is 0 Å². The Morgan fingerprint density at radius 3 is 2.59 bits per heavy atom. The molecule has 0 bridgehead atoms. The van der Waals surface area contributed by atoms with Crippen LogP contribution in [-0.4, -0.2) is 23.5 Å². The first kappa shape index (κ1) is 11.4. The van der Waals surface area contributed by atoms with Gasteiger partial charge < -0.3 is 5.32 Å². The number of carbonyl (C=O) groups excluding carboxylic acids is 1. The van der Waals surface area contributed by atoms with E-state index >= 15 is 0 Å². The highest BCUT2D eigenvalue weighted by molar-refractivity contribution is 5.93. The summed E-state index contributed by atoms with van der Waals surface area (Å²) in [6.07, 6.45) is 0.864. The van der Waals surface area contributed by atoms with Crippen LogP contribution in [-0.2, 0) is 0 Å². The van der Waals surface area contributed by atoms with Gasteiger partial charge in [0.2, 0.25) is 0 Å². The number of urea groups is 1. The van der Waals surface area contributed by atoms with Gasteiger partial charge in [0.05, 0.1) is 4.92 Å². The van der Waals surface area contributed by atoms with Crippen LogP contribution < -0.4 is 10.2 Å². The Morgan fingerprint density at radius 1 is 1.41 bits per heavy atom. The van der Waals surface area contributed by atoms with Crippen molar-refractivity contribution in [3.05, 3.63) is 34.4 Å². The van der Waals surface area contributed by atoms with Crippen LogP contribution in [0, 0.1) is 10.1 Å². The van der Waals surface area contributed by atoms with E-state index in [9.17, 15) is 14.9 Å². The minimum atomic E-state index is -0.455. The van der Waals surface area contributed by atoms with Gasteiger partial charge in [-0.15, -0.1) is 0 Å². The zero-order valence-corrected chi connectivity index (χ0v) is 9.42. The number of non-ortho nitro benzene ring substituents is 1. The lowest BCUT2D eigenvalue weighted by Gasteiger charge is -2.33.